The molecule has 2 aliphatic rings. The molecular weight excluding hydrogens is 326 g/mol. The van der Waals surface area contributed by atoms with E-state index in [1.54, 1.807) is 0 Å². The fourth-order valence-corrected chi connectivity index (χ4v) is 3.80. The molecule has 2 N–H and O–H groups in total. The molecule has 6 nitrogen and oxygen atoms in total. The minimum atomic E-state index is 0.332. The lowest BCUT2D eigenvalue weighted by atomic mass is 10.2. The molecule has 2 fully saturated rings. The molecule has 0 saturated carbocycles. The summed E-state index contributed by atoms with van der Waals surface area (Å²) in [5.41, 5.74) is 0. The first-order valence-corrected chi connectivity index (χ1v) is 10.7. The average Bonchev–Trinajstić information content (AvgIpc) is 3.05. The Labute approximate surface area is 159 Å². The molecular formula is C20H39N5O. The fourth-order valence-electron chi connectivity index (χ4n) is 3.80. The number of carbonyl (C=O) groups is 1. The molecule has 2 saturated heterocycles. The number of hydrogen-bond donors (Lipinski definition) is 2. The summed E-state index contributed by atoms with van der Waals surface area (Å²) in [4.78, 5) is 21.4. The van der Waals surface area contributed by atoms with E-state index in [9.17, 15) is 4.79 Å². The van der Waals surface area contributed by atoms with E-state index in [-0.39, 0.29) is 0 Å². The van der Waals surface area contributed by atoms with Crippen molar-refractivity contribution in [3.63, 3.8) is 0 Å². The van der Waals surface area contributed by atoms with Gasteiger partial charge >= 0.3 is 0 Å². The van der Waals surface area contributed by atoms with Gasteiger partial charge in [0.15, 0.2) is 5.96 Å². The van der Waals surface area contributed by atoms with Gasteiger partial charge in [-0.25, -0.2) is 0 Å². The monoisotopic (exact) mass is 365 g/mol. The summed E-state index contributed by atoms with van der Waals surface area (Å²) in [6, 6.07) is 0. The van der Waals surface area contributed by atoms with E-state index in [1.165, 1.54) is 32.4 Å². The highest BCUT2D eigenvalue weighted by molar-refractivity contribution is 5.79. The van der Waals surface area contributed by atoms with Crippen molar-refractivity contribution in [2.75, 3.05) is 52.4 Å². The second kappa shape index (κ2) is 12.2. The Bertz CT molecular complexity index is 434. The summed E-state index contributed by atoms with van der Waals surface area (Å²) in [6.45, 7) is 12.4. The number of guanidine groups is 1. The molecule has 0 aliphatic carbocycles. The Morgan fingerprint density at radius 2 is 1.88 bits per heavy atom. The third kappa shape index (κ3) is 7.94. The van der Waals surface area contributed by atoms with Crippen molar-refractivity contribution in [1.82, 2.24) is 20.4 Å². The van der Waals surface area contributed by atoms with Crippen LogP contribution < -0.4 is 10.6 Å². The van der Waals surface area contributed by atoms with Crippen LogP contribution in [0.15, 0.2) is 4.99 Å². The number of nitrogens with one attached hydrogen (secondary N) is 2. The van der Waals surface area contributed by atoms with Gasteiger partial charge < -0.3 is 20.4 Å². The summed E-state index contributed by atoms with van der Waals surface area (Å²) in [6.07, 6.45) is 7.79. The van der Waals surface area contributed by atoms with Crippen molar-refractivity contribution >= 4 is 11.9 Å². The number of hydrogen-bond acceptors (Lipinski definition) is 3. The van der Waals surface area contributed by atoms with Crippen LogP contribution in [-0.2, 0) is 4.79 Å². The lowest BCUT2D eigenvalue weighted by Crippen LogP contribution is -2.40. The van der Waals surface area contributed by atoms with Crippen LogP contribution in [0, 0.1) is 5.92 Å². The molecule has 2 aliphatic heterocycles. The van der Waals surface area contributed by atoms with Gasteiger partial charge in [0, 0.05) is 45.7 Å². The summed E-state index contributed by atoms with van der Waals surface area (Å²) < 4.78 is 0. The van der Waals surface area contributed by atoms with Crippen LogP contribution >= 0.6 is 0 Å². The lowest BCUT2D eigenvalue weighted by molar-refractivity contribution is -0.130. The van der Waals surface area contributed by atoms with Gasteiger partial charge in [-0.05, 0) is 58.0 Å². The van der Waals surface area contributed by atoms with Crippen molar-refractivity contribution in [3.8, 4) is 0 Å². The van der Waals surface area contributed by atoms with E-state index in [1.807, 2.05) is 4.90 Å². The fraction of sp³-hybridized carbons (Fsp3) is 0.900. The van der Waals surface area contributed by atoms with E-state index in [4.69, 9.17) is 4.99 Å². The highest BCUT2D eigenvalue weighted by atomic mass is 16.2. The molecule has 0 radical (unpaired) electrons. The molecule has 0 bridgehead atoms. The number of likely N-dealkylation sites (tertiary alicyclic amines) is 2. The SMILES string of the molecule is CCNC(=NCC(C)CN1CCCC1)NCCCN1CCCCCC1=O. The Balaban J connectivity index is 1.66. The topological polar surface area (TPSA) is 60.0 Å². The standard InChI is InChI=1S/C20H39N5O/c1-3-21-20(23-16-18(2)17-24-12-7-8-13-24)22-11-9-15-25-14-6-4-5-10-19(25)26/h18H,3-17H2,1-2H3,(H2,21,22,23). The molecule has 6 heteroatoms. The Morgan fingerprint density at radius 1 is 1.12 bits per heavy atom. The smallest absolute Gasteiger partial charge is 0.222 e. The van der Waals surface area contributed by atoms with Crippen molar-refractivity contribution in [3.05, 3.63) is 0 Å². The van der Waals surface area contributed by atoms with Gasteiger partial charge in [-0.15, -0.1) is 0 Å². The molecule has 1 amide bonds. The maximum atomic E-state index is 12.0. The number of nitrogens with zero attached hydrogens (tertiary/aromatic N) is 3. The van der Waals surface area contributed by atoms with Crippen LogP contribution in [0.2, 0.25) is 0 Å². The predicted molar refractivity (Wildman–Crippen MR) is 108 cm³/mol. The van der Waals surface area contributed by atoms with Crippen LogP contribution in [-0.4, -0.2) is 74.0 Å². The zero-order valence-corrected chi connectivity index (χ0v) is 16.9. The average molecular weight is 366 g/mol. The molecule has 1 unspecified atom stereocenters. The summed E-state index contributed by atoms with van der Waals surface area (Å²) in [7, 11) is 0. The van der Waals surface area contributed by atoms with Crippen LogP contribution in [0.3, 0.4) is 0 Å². The molecule has 2 rings (SSSR count). The van der Waals surface area contributed by atoms with Gasteiger partial charge in [-0.1, -0.05) is 13.3 Å². The molecule has 0 aromatic rings. The van der Waals surface area contributed by atoms with Crippen molar-refractivity contribution in [2.45, 2.75) is 58.8 Å². The van der Waals surface area contributed by atoms with E-state index < -0.39 is 0 Å². The normalized spacial score (nSPS) is 20.9. The van der Waals surface area contributed by atoms with Gasteiger partial charge in [0.1, 0.15) is 0 Å². The Kier molecular flexibility index (Phi) is 9.82. The summed E-state index contributed by atoms with van der Waals surface area (Å²) >= 11 is 0. The number of aliphatic imine (C=N–C) groups is 1. The molecule has 26 heavy (non-hydrogen) atoms. The van der Waals surface area contributed by atoms with Gasteiger partial charge in [-0.3, -0.25) is 9.79 Å². The van der Waals surface area contributed by atoms with Crippen LogP contribution in [0.25, 0.3) is 0 Å². The van der Waals surface area contributed by atoms with Crippen molar-refractivity contribution in [2.24, 2.45) is 10.9 Å². The quantitative estimate of drug-likeness (QED) is 0.373. The third-order valence-electron chi connectivity index (χ3n) is 5.24. The molecule has 1 atom stereocenters. The molecule has 0 aromatic heterocycles. The number of amides is 1. The summed E-state index contributed by atoms with van der Waals surface area (Å²) in [5.74, 6) is 1.82. The van der Waals surface area contributed by atoms with Crippen molar-refractivity contribution < 1.29 is 4.79 Å². The Morgan fingerprint density at radius 3 is 2.65 bits per heavy atom. The van der Waals surface area contributed by atoms with Gasteiger partial charge in [0.05, 0.1) is 0 Å². The molecule has 150 valence electrons. The second-order valence-corrected chi connectivity index (χ2v) is 7.80. The zero-order valence-electron chi connectivity index (χ0n) is 16.9. The Hall–Kier alpha value is -1.30. The number of rotatable bonds is 9. The van der Waals surface area contributed by atoms with Crippen molar-refractivity contribution in [1.29, 1.82) is 0 Å². The van der Waals surface area contributed by atoms with E-state index in [2.05, 4.69) is 29.4 Å². The third-order valence-corrected chi connectivity index (χ3v) is 5.24. The first-order valence-electron chi connectivity index (χ1n) is 10.7. The predicted octanol–water partition coefficient (Wildman–Crippen LogP) is 2.07. The molecule has 0 aromatic carbocycles. The maximum Gasteiger partial charge on any atom is 0.222 e. The largest absolute Gasteiger partial charge is 0.357 e. The summed E-state index contributed by atoms with van der Waals surface area (Å²) in [5, 5.41) is 6.76. The van der Waals surface area contributed by atoms with E-state index in [0.717, 1.165) is 70.9 Å². The van der Waals surface area contributed by atoms with Crippen LogP contribution in [0.1, 0.15) is 58.8 Å². The second-order valence-electron chi connectivity index (χ2n) is 7.80. The molecule has 2 heterocycles. The van der Waals surface area contributed by atoms with E-state index in [0.29, 0.717) is 11.8 Å². The van der Waals surface area contributed by atoms with Crippen LogP contribution in [0.4, 0.5) is 0 Å². The molecule has 0 spiro atoms. The highest BCUT2D eigenvalue weighted by Gasteiger charge is 2.16. The zero-order chi connectivity index (χ0) is 18.6. The van der Waals surface area contributed by atoms with Crippen LogP contribution in [0.5, 0.6) is 0 Å². The minimum absolute atomic E-state index is 0.332. The number of carbonyl (C=O) groups excluding carboxylic acids is 1. The maximum absolute atomic E-state index is 12.0. The highest BCUT2D eigenvalue weighted by Crippen LogP contribution is 2.11. The first kappa shape index (κ1) is 21.0. The first-order chi connectivity index (χ1) is 12.7. The van der Waals surface area contributed by atoms with Gasteiger partial charge in [0.2, 0.25) is 5.91 Å². The van der Waals surface area contributed by atoms with Gasteiger partial charge in [-0.2, -0.15) is 0 Å². The van der Waals surface area contributed by atoms with Gasteiger partial charge in [0.25, 0.3) is 0 Å². The van der Waals surface area contributed by atoms with E-state index >= 15 is 0 Å². The minimum Gasteiger partial charge on any atom is -0.357 e. The lowest BCUT2D eigenvalue weighted by Gasteiger charge is -2.21.